The van der Waals surface area contributed by atoms with Crippen molar-refractivity contribution in [3.8, 4) is 28.7 Å². The van der Waals surface area contributed by atoms with Crippen molar-refractivity contribution in [3.05, 3.63) is 178 Å². The maximum Gasteiger partial charge on any atom is 0.410 e. The number of rotatable bonds is 23. The second-order valence-corrected chi connectivity index (χ2v) is 23.7. The van der Waals surface area contributed by atoms with Gasteiger partial charge in [-0.2, -0.15) is 8.42 Å². The van der Waals surface area contributed by atoms with Crippen molar-refractivity contribution in [2.75, 3.05) is 78.9 Å². The molecule has 23 nitrogen and oxygen atoms in total. The lowest BCUT2D eigenvalue weighted by atomic mass is 9.99. The van der Waals surface area contributed by atoms with E-state index in [9.17, 15) is 42.0 Å². The molecule has 24 heteroatoms. The number of alkyl carbamates (subject to hydrolysis) is 2. The van der Waals surface area contributed by atoms with Crippen molar-refractivity contribution in [3.63, 3.8) is 0 Å². The number of benzene rings is 6. The van der Waals surface area contributed by atoms with Gasteiger partial charge in [0.25, 0.3) is 23.6 Å². The Labute approximate surface area is 523 Å². The summed E-state index contributed by atoms with van der Waals surface area (Å²) in [5.74, 6) is -0.475. The van der Waals surface area contributed by atoms with Crippen LogP contribution >= 0.6 is 0 Å². The molecule has 0 unspecified atom stereocenters. The molecule has 2 N–H and O–H groups in total. The van der Waals surface area contributed by atoms with Crippen LogP contribution in [0.3, 0.4) is 0 Å². The molecule has 9 rings (SSSR count). The molecular formula is C66H74N6O17S. The van der Waals surface area contributed by atoms with Gasteiger partial charge in [0.2, 0.25) is 0 Å². The Balaban J connectivity index is 0.000000236. The topological polar surface area (TPSA) is 264 Å². The van der Waals surface area contributed by atoms with E-state index in [0.717, 1.165) is 22.3 Å². The summed E-state index contributed by atoms with van der Waals surface area (Å²) in [7, 11) is 2.07. The summed E-state index contributed by atoms with van der Waals surface area (Å²) in [6.45, 7) is 8.02. The lowest BCUT2D eigenvalue weighted by Gasteiger charge is -2.37. The standard InChI is InChI=1S/C37H44N4O8.C29H30N2O9S/c1-37(2,3)49-36(45)40-21-19-39(20-22-40)29-14-9-13-27-32(29)34(43)41(33(27)42)28(26-16-17-30(46-4)31(23-26)47-5)15-10-18-38-35(44)48-24-25-11-7-6-8-12-25;1-37-23-15-14-20(17-25(23)38-2)22(12-8-16-30-29(34)39-18-19-9-5-4-6-10-19)31-27(32)21-11-7-13-24(26(21)28(31)33)40-41(3,35)36/h6-9,11-14,16-17,23,28H,10,15,18-22,24H2,1-5H3,(H,38,44);4-7,9-11,13-15,17,22H,8,12,16,18H2,1-3H3,(H,30,34)/t28-;22-/m11/s1. The van der Waals surface area contributed by atoms with Crippen LogP contribution in [0.4, 0.5) is 20.1 Å². The van der Waals surface area contributed by atoms with E-state index in [1.54, 1.807) is 47.4 Å². The fraction of sp³-hybridized carbons (Fsp3) is 0.348. The lowest BCUT2D eigenvalue weighted by Crippen LogP contribution is -2.50. The number of methoxy groups -OCH3 is 4. The summed E-state index contributed by atoms with van der Waals surface area (Å²) in [6.07, 6.45) is 0.788. The molecule has 6 aromatic carbocycles. The first-order chi connectivity index (χ1) is 43.1. The van der Waals surface area contributed by atoms with Gasteiger partial charge in [0.1, 0.15) is 18.8 Å². The van der Waals surface area contributed by atoms with E-state index in [-0.39, 0.29) is 55.7 Å². The van der Waals surface area contributed by atoms with Crippen LogP contribution < -0.4 is 38.7 Å². The normalized spacial score (nSPS) is 14.3. The van der Waals surface area contributed by atoms with Crippen LogP contribution in [-0.4, -0.2) is 145 Å². The molecule has 7 amide bonds. The zero-order valence-electron chi connectivity index (χ0n) is 51.5. The van der Waals surface area contributed by atoms with E-state index in [2.05, 4.69) is 10.6 Å². The van der Waals surface area contributed by atoms with Gasteiger partial charge < -0.3 is 57.8 Å². The highest BCUT2D eigenvalue weighted by molar-refractivity contribution is 7.86. The van der Waals surface area contributed by atoms with Gasteiger partial charge in [0.15, 0.2) is 28.7 Å². The Kier molecular flexibility index (Phi) is 22.0. The summed E-state index contributed by atoms with van der Waals surface area (Å²) in [4.78, 5) is 98.8. The second kappa shape index (κ2) is 29.9. The highest BCUT2D eigenvalue weighted by Gasteiger charge is 2.45. The number of hydrogen-bond donors (Lipinski definition) is 2. The Bertz CT molecular complexity index is 3690. The highest BCUT2D eigenvalue weighted by Crippen LogP contribution is 2.43. The van der Waals surface area contributed by atoms with Crippen LogP contribution in [0.15, 0.2) is 133 Å². The van der Waals surface area contributed by atoms with Crippen molar-refractivity contribution < 1.29 is 79.3 Å². The van der Waals surface area contributed by atoms with Crippen molar-refractivity contribution in [2.45, 2.75) is 77.4 Å². The third-order valence-electron chi connectivity index (χ3n) is 14.8. The smallest absolute Gasteiger partial charge is 0.410 e. The van der Waals surface area contributed by atoms with E-state index < -0.39 is 63.6 Å². The van der Waals surface area contributed by atoms with E-state index >= 15 is 0 Å². The van der Waals surface area contributed by atoms with E-state index in [0.29, 0.717) is 96.4 Å². The number of carbonyl (C=O) groups excluding carboxylic acids is 7. The number of ether oxygens (including phenoxy) is 7. The van der Waals surface area contributed by atoms with Gasteiger partial charge in [-0.25, -0.2) is 14.4 Å². The largest absolute Gasteiger partial charge is 0.493 e. The van der Waals surface area contributed by atoms with Gasteiger partial charge in [-0.15, -0.1) is 0 Å². The number of carbonyl (C=O) groups is 7. The summed E-state index contributed by atoms with van der Waals surface area (Å²) in [5.41, 5.74) is 3.60. The number of piperazine rings is 1. The molecule has 0 bridgehead atoms. The van der Waals surface area contributed by atoms with Crippen molar-refractivity contribution in [2.24, 2.45) is 0 Å². The van der Waals surface area contributed by atoms with Crippen LogP contribution in [0.1, 0.15) is 122 Å². The van der Waals surface area contributed by atoms with Crippen LogP contribution in [0.5, 0.6) is 28.7 Å². The molecule has 0 aliphatic carbocycles. The van der Waals surface area contributed by atoms with Crippen LogP contribution in [0.2, 0.25) is 0 Å². The van der Waals surface area contributed by atoms with Gasteiger partial charge >= 0.3 is 28.4 Å². The first-order valence-corrected chi connectivity index (χ1v) is 30.9. The van der Waals surface area contributed by atoms with Crippen LogP contribution in [-0.2, 0) is 37.5 Å². The lowest BCUT2D eigenvalue weighted by molar-refractivity contribution is 0.0239. The minimum Gasteiger partial charge on any atom is -0.493 e. The van der Waals surface area contributed by atoms with Crippen LogP contribution in [0.25, 0.3) is 0 Å². The highest BCUT2D eigenvalue weighted by atomic mass is 32.2. The number of anilines is 1. The minimum absolute atomic E-state index is 0.0317. The molecule has 3 aliphatic rings. The molecule has 90 heavy (non-hydrogen) atoms. The van der Waals surface area contributed by atoms with Gasteiger partial charge in [-0.05, 0) is 117 Å². The maximum absolute atomic E-state index is 14.3. The monoisotopic (exact) mass is 1250 g/mol. The fourth-order valence-corrected chi connectivity index (χ4v) is 11.1. The van der Waals surface area contributed by atoms with Gasteiger partial charge in [0, 0.05) is 39.3 Å². The summed E-state index contributed by atoms with van der Waals surface area (Å²) in [5, 5.41) is 5.45. The van der Waals surface area contributed by atoms with E-state index in [1.165, 1.54) is 51.5 Å². The number of amides is 7. The Morgan fingerprint density at radius 1 is 0.522 bits per heavy atom. The average Bonchev–Trinajstić information content (AvgIpc) is 1.62. The zero-order chi connectivity index (χ0) is 64.7. The first-order valence-electron chi connectivity index (χ1n) is 29.1. The molecular weight excluding hydrogens is 1180 g/mol. The van der Waals surface area contributed by atoms with Gasteiger partial charge in [-0.1, -0.05) is 84.9 Å². The van der Waals surface area contributed by atoms with Gasteiger partial charge in [-0.3, -0.25) is 29.0 Å². The molecule has 0 saturated carbocycles. The molecule has 6 aromatic rings. The second-order valence-electron chi connectivity index (χ2n) is 22.1. The third-order valence-corrected chi connectivity index (χ3v) is 15.3. The Morgan fingerprint density at radius 2 is 0.967 bits per heavy atom. The summed E-state index contributed by atoms with van der Waals surface area (Å²) < 4.78 is 66.5. The average molecular weight is 1260 g/mol. The molecule has 0 aromatic heterocycles. The van der Waals surface area contributed by atoms with Gasteiger partial charge in [0.05, 0.1) is 74.7 Å². The Hall–Kier alpha value is -9.84. The fourth-order valence-electron chi connectivity index (χ4n) is 10.6. The molecule has 3 heterocycles. The first kappa shape index (κ1) is 66.1. The molecule has 476 valence electrons. The quantitative estimate of drug-likeness (QED) is 0.0261. The summed E-state index contributed by atoms with van der Waals surface area (Å²) in [6, 6.07) is 37.1. The van der Waals surface area contributed by atoms with Crippen molar-refractivity contribution in [1.29, 1.82) is 0 Å². The minimum atomic E-state index is -3.96. The predicted molar refractivity (Wildman–Crippen MR) is 332 cm³/mol. The van der Waals surface area contributed by atoms with Crippen LogP contribution in [0, 0.1) is 0 Å². The number of hydrogen-bond acceptors (Lipinski definition) is 18. The van der Waals surface area contributed by atoms with E-state index in [4.69, 9.17) is 37.3 Å². The van der Waals surface area contributed by atoms with Crippen molar-refractivity contribution in [1.82, 2.24) is 25.3 Å². The van der Waals surface area contributed by atoms with E-state index in [1.807, 2.05) is 98.5 Å². The zero-order valence-corrected chi connectivity index (χ0v) is 52.3. The number of fused-ring (bicyclic) bond motifs is 2. The molecule has 1 saturated heterocycles. The maximum atomic E-state index is 14.3. The molecule has 3 aliphatic heterocycles. The number of imide groups is 2. The molecule has 0 spiro atoms. The molecule has 0 radical (unpaired) electrons. The third kappa shape index (κ3) is 16.5. The molecule has 1 fully saturated rings. The Morgan fingerprint density at radius 3 is 1.41 bits per heavy atom. The molecule has 2 atom stereocenters. The van der Waals surface area contributed by atoms with Crippen molar-refractivity contribution >= 4 is 57.7 Å². The number of nitrogens with one attached hydrogen (secondary N) is 2. The predicted octanol–water partition coefficient (Wildman–Crippen LogP) is 9.89. The number of nitrogens with zero attached hydrogens (tertiary/aromatic N) is 4. The summed E-state index contributed by atoms with van der Waals surface area (Å²) >= 11 is 0. The SMILES string of the molecule is COc1ccc([C@@H](CCCNC(=O)OCc2ccccc2)N2C(=O)c3cccc(N4CCN(C(=O)OC(C)(C)C)CC4)c3C2=O)cc1OC.COc1ccc([C@@H](CCCNC(=O)OCc2ccccc2)N2C(=O)c3cccc(OS(C)(=O)=O)c3C2=O)cc1OC.